The summed E-state index contributed by atoms with van der Waals surface area (Å²) in [5.41, 5.74) is 9.41. The maximum Gasteiger partial charge on any atom is 0.193 e. The van der Waals surface area contributed by atoms with Gasteiger partial charge in [-0.2, -0.15) is 0 Å². The lowest BCUT2D eigenvalue weighted by Crippen LogP contribution is -2.06. The van der Waals surface area contributed by atoms with Gasteiger partial charge in [0.1, 0.15) is 5.75 Å². The van der Waals surface area contributed by atoms with Gasteiger partial charge in [-0.1, -0.05) is 15.9 Å². The van der Waals surface area contributed by atoms with Gasteiger partial charge in [0.25, 0.3) is 0 Å². The minimum Gasteiger partial charge on any atom is -0.496 e. The zero-order valence-corrected chi connectivity index (χ0v) is 13.2. The van der Waals surface area contributed by atoms with Gasteiger partial charge in [0.2, 0.25) is 0 Å². The predicted octanol–water partition coefficient (Wildman–Crippen LogP) is 3.89. The lowest BCUT2D eigenvalue weighted by Gasteiger charge is -2.11. The Kier molecular flexibility index (Phi) is 4.14. The van der Waals surface area contributed by atoms with Crippen LogP contribution < -0.4 is 10.5 Å². The second kappa shape index (κ2) is 5.67. The molecule has 0 heterocycles. The topological polar surface area (TPSA) is 52.3 Å². The van der Waals surface area contributed by atoms with Crippen LogP contribution >= 0.6 is 15.9 Å². The molecule has 0 atom stereocenters. The van der Waals surface area contributed by atoms with Crippen LogP contribution in [0.25, 0.3) is 0 Å². The molecule has 0 spiro atoms. The minimum absolute atomic E-state index is 0.0405. The molecule has 0 fully saturated rings. The summed E-state index contributed by atoms with van der Waals surface area (Å²) in [5.74, 6) is 0.744. The fourth-order valence-electron chi connectivity index (χ4n) is 2.15. The summed E-state index contributed by atoms with van der Waals surface area (Å²) < 4.78 is 6.06. The van der Waals surface area contributed by atoms with Crippen LogP contribution in [0.2, 0.25) is 0 Å². The van der Waals surface area contributed by atoms with E-state index in [1.54, 1.807) is 25.3 Å². The highest BCUT2D eigenvalue weighted by molar-refractivity contribution is 9.10. The number of rotatable bonds is 3. The first-order valence-corrected chi connectivity index (χ1v) is 6.97. The van der Waals surface area contributed by atoms with E-state index < -0.39 is 0 Å². The molecule has 0 aliphatic rings. The fourth-order valence-corrected chi connectivity index (χ4v) is 2.66. The zero-order chi connectivity index (χ0) is 14.9. The van der Waals surface area contributed by atoms with Gasteiger partial charge in [-0.3, -0.25) is 4.79 Å². The second-order valence-corrected chi connectivity index (χ2v) is 5.65. The summed E-state index contributed by atoms with van der Waals surface area (Å²) in [6.45, 7) is 3.82. The molecule has 4 heteroatoms. The average Bonchev–Trinajstić information content (AvgIpc) is 2.39. The maximum atomic E-state index is 12.6. The van der Waals surface area contributed by atoms with Crippen molar-refractivity contribution in [3.63, 3.8) is 0 Å². The molecule has 0 unspecified atom stereocenters. The number of methoxy groups -OCH3 is 1. The third-order valence-corrected chi connectivity index (χ3v) is 3.63. The number of ketones is 1. The molecule has 0 aliphatic heterocycles. The van der Waals surface area contributed by atoms with Crippen LogP contribution in [-0.4, -0.2) is 12.9 Å². The van der Waals surface area contributed by atoms with Crippen LogP contribution in [0.3, 0.4) is 0 Å². The van der Waals surface area contributed by atoms with E-state index in [2.05, 4.69) is 15.9 Å². The first-order valence-electron chi connectivity index (χ1n) is 6.18. The number of anilines is 1. The van der Waals surface area contributed by atoms with Crippen molar-refractivity contribution in [2.45, 2.75) is 13.8 Å². The van der Waals surface area contributed by atoms with Gasteiger partial charge >= 0.3 is 0 Å². The summed E-state index contributed by atoms with van der Waals surface area (Å²) in [4.78, 5) is 12.6. The van der Waals surface area contributed by atoms with Crippen molar-refractivity contribution in [2.75, 3.05) is 12.8 Å². The van der Waals surface area contributed by atoms with Gasteiger partial charge in [-0.05, 0) is 55.3 Å². The van der Waals surface area contributed by atoms with Gasteiger partial charge in [-0.25, -0.2) is 0 Å². The number of nitrogen functional groups attached to an aromatic ring is 1. The summed E-state index contributed by atoms with van der Waals surface area (Å²) in [6.07, 6.45) is 0. The maximum absolute atomic E-state index is 12.6. The quantitative estimate of drug-likeness (QED) is 0.684. The third kappa shape index (κ3) is 2.85. The number of carbonyl (C=O) groups excluding carboxylic acids is 1. The lowest BCUT2D eigenvalue weighted by molar-refractivity contribution is 0.103. The molecule has 0 bridgehead atoms. The van der Waals surface area contributed by atoms with Crippen molar-refractivity contribution < 1.29 is 9.53 Å². The zero-order valence-electron chi connectivity index (χ0n) is 11.7. The molecule has 2 aromatic rings. The van der Waals surface area contributed by atoms with Crippen LogP contribution in [0.4, 0.5) is 5.69 Å². The monoisotopic (exact) mass is 333 g/mol. The number of ether oxygens (including phenoxy) is 1. The van der Waals surface area contributed by atoms with Gasteiger partial charge in [0, 0.05) is 21.3 Å². The Morgan fingerprint density at radius 3 is 2.40 bits per heavy atom. The highest BCUT2D eigenvalue weighted by atomic mass is 79.9. The number of nitrogens with two attached hydrogens (primary N) is 1. The molecule has 20 heavy (non-hydrogen) atoms. The van der Waals surface area contributed by atoms with Crippen LogP contribution in [0.5, 0.6) is 5.75 Å². The van der Waals surface area contributed by atoms with Crippen molar-refractivity contribution in [1.29, 1.82) is 0 Å². The van der Waals surface area contributed by atoms with Crippen LogP contribution in [0.15, 0.2) is 34.8 Å². The molecule has 0 amide bonds. The van der Waals surface area contributed by atoms with E-state index in [-0.39, 0.29) is 5.78 Å². The van der Waals surface area contributed by atoms with Gasteiger partial charge in [0.05, 0.1) is 7.11 Å². The summed E-state index contributed by atoms with van der Waals surface area (Å²) in [5, 5.41) is 0. The van der Waals surface area contributed by atoms with Gasteiger partial charge < -0.3 is 10.5 Å². The van der Waals surface area contributed by atoms with Crippen molar-refractivity contribution in [3.05, 3.63) is 57.1 Å². The van der Waals surface area contributed by atoms with Crippen LogP contribution in [0.1, 0.15) is 27.0 Å². The Balaban J connectivity index is 2.50. The summed E-state index contributed by atoms with van der Waals surface area (Å²) >= 11 is 3.36. The van der Waals surface area contributed by atoms with Gasteiger partial charge in [-0.15, -0.1) is 0 Å². The first-order chi connectivity index (χ1) is 9.42. The van der Waals surface area contributed by atoms with E-state index in [1.165, 1.54) is 0 Å². The number of halogens is 1. The summed E-state index contributed by atoms with van der Waals surface area (Å²) in [6, 6.07) is 8.96. The lowest BCUT2D eigenvalue weighted by atomic mass is 9.96. The average molecular weight is 334 g/mol. The Morgan fingerprint density at radius 1 is 1.10 bits per heavy atom. The smallest absolute Gasteiger partial charge is 0.193 e. The SMILES string of the molecule is COc1cc(C)c(C(=O)c2cc(N)cc(Br)c2)cc1C. The van der Waals surface area contributed by atoms with Crippen molar-refractivity contribution in [1.82, 2.24) is 0 Å². The largest absolute Gasteiger partial charge is 0.496 e. The Labute approximate surface area is 126 Å². The fraction of sp³-hybridized carbons (Fsp3) is 0.188. The summed E-state index contributed by atoms with van der Waals surface area (Å²) in [7, 11) is 1.62. The first kappa shape index (κ1) is 14.6. The minimum atomic E-state index is -0.0405. The highest BCUT2D eigenvalue weighted by Crippen LogP contribution is 2.26. The molecular formula is C16H16BrNO2. The van der Waals surface area contributed by atoms with E-state index in [1.807, 2.05) is 26.0 Å². The van der Waals surface area contributed by atoms with E-state index in [0.717, 1.165) is 21.3 Å². The molecule has 2 N–H and O–H groups in total. The van der Waals surface area contributed by atoms with Crippen molar-refractivity contribution >= 4 is 27.4 Å². The molecule has 0 aliphatic carbocycles. The normalized spacial score (nSPS) is 10.4. The number of aryl methyl sites for hydroxylation is 2. The van der Waals surface area contributed by atoms with Crippen molar-refractivity contribution in [2.24, 2.45) is 0 Å². The molecule has 0 radical (unpaired) electrons. The van der Waals surface area contributed by atoms with Crippen molar-refractivity contribution in [3.8, 4) is 5.75 Å². The number of benzene rings is 2. The molecular weight excluding hydrogens is 318 g/mol. The molecule has 0 saturated heterocycles. The van der Waals surface area contributed by atoms with Crippen LogP contribution in [0, 0.1) is 13.8 Å². The molecule has 0 saturated carbocycles. The van der Waals surface area contributed by atoms with Gasteiger partial charge in [0.15, 0.2) is 5.78 Å². The van der Waals surface area contributed by atoms with E-state index in [4.69, 9.17) is 10.5 Å². The Hall–Kier alpha value is -1.81. The molecule has 2 rings (SSSR count). The second-order valence-electron chi connectivity index (χ2n) is 4.74. The molecule has 3 nitrogen and oxygen atoms in total. The molecule has 104 valence electrons. The number of hydrogen-bond acceptors (Lipinski definition) is 3. The highest BCUT2D eigenvalue weighted by Gasteiger charge is 2.15. The third-order valence-electron chi connectivity index (χ3n) is 3.17. The Bertz CT molecular complexity index is 660. The standard InChI is InChI=1S/C16H16BrNO2/c1-9-5-15(20-3)10(2)4-14(9)16(19)11-6-12(17)8-13(18)7-11/h4-8H,18H2,1-3H3. The Morgan fingerprint density at radius 2 is 1.80 bits per heavy atom. The van der Waals surface area contributed by atoms with E-state index in [0.29, 0.717) is 16.8 Å². The molecule has 2 aromatic carbocycles. The predicted molar refractivity (Wildman–Crippen MR) is 84.5 cm³/mol. The van der Waals surface area contributed by atoms with E-state index >= 15 is 0 Å². The number of carbonyl (C=O) groups is 1. The van der Waals surface area contributed by atoms with Crippen LogP contribution in [-0.2, 0) is 0 Å². The molecule has 0 aromatic heterocycles. The van der Waals surface area contributed by atoms with E-state index in [9.17, 15) is 4.79 Å². The number of hydrogen-bond donors (Lipinski definition) is 1.